The second kappa shape index (κ2) is 8.96. The van der Waals surface area contributed by atoms with Crippen LogP contribution in [0, 0.1) is 0 Å². The van der Waals surface area contributed by atoms with Crippen molar-refractivity contribution in [3.8, 4) is 0 Å². The van der Waals surface area contributed by atoms with Gasteiger partial charge in [-0.25, -0.2) is 0 Å². The van der Waals surface area contributed by atoms with E-state index in [1.807, 2.05) is 18.2 Å². The van der Waals surface area contributed by atoms with E-state index in [2.05, 4.69) is 24.4 Å². The van der Waals surface area contributed by atoms with Crippen LogP contribution in [0.2, 0.25) is 0 Å². The van der Waals surface area contributed by atoms with Crippen molar-refractivity contribution in [2.24, 2.45) is 5.73 Å². The quantitative estimate of drug-likeness (QED) is 0.712. The Kier molecular flexibility index (Phi) is 7.55. The van der Waals surface area contributed by atoms with E-state index in [1.165, 1.54) is 4.90 Å². The van der Waals surface area contributed by atoms with Gasteiger partial charge in [0.1, 0.15) is 0 Å². The van der Waals surface area contributed by atoms with Crippen LogP contribution < -0.4 is 11.1 Å². The average molecular weight is 282 g/mol. The van der Waals surface area contributed by atoms with Crippen LogP contribution in [0.4, 0.5) is 0 Å². The number of carbonyl (C=O) groups excluding carboxylic acids is 1. The summed E-state index contributed by atoms with van der Waals surface area (Å²) in [5.74, 6) is -0.0159. The van der Waals surface area contributed by atoms with Gasteiger partial charge in [0.2, 0.25) is 5.91 Å². The summed E-state index contributed by atoms with van der Waals surface area (Å²) in [7, 11) is 1.57. The first-order valence-electron chi connectivity index (χ1n) is 6.37. The zero-order valence-corrected chi connectivity index (χ0v) is 12.3. The molecule has 106 valence electrons. The summed E-state index contributed by atoms with van der Waals surface area (Å²) in [6.45, 7) is 3.09. The summed E-state index contributed by atoms with van der Waals surface area (Å²) in [5.41, 5.74) is 5.48. The number of nitrogens with one attached hydrogen (secondary N) is 1. The molecule has 1 amide bonds. The SMILES string of the molecule is COC(CN)CC(=O)NCC(C)Sc1ccccc1. The fraction of sp³-hybridized carbons (Fsp3) is 0.500. The molecule has 2 unspecified atom stereocenters. The Balaban J connectivity index is 2.26. The van der Waals surface area contributed by atoms with Crippen molar-refractivity contribution < 1.29 is 9.53 Å². The minimum atomic E-state index is -0.197. The van der Waals surface area contributed by atoms with Crippen LogP contribution in [-0.2, 0) is 9.53 Å². The number of nitrogens with two attached hydrogens (primary N) is 1. The minimum Gasteiger partial charge on any atom is -0.380 e. The number of amides is 1. The van der Waals surface area contributed by atoms with Crippen LogP contribution in [0.1, 0.15) is 13.3 Å². The Morgan fingerprint density at radius 1 is 1.42 bits per heavy atom. The van der Waals surface area contributed by atoms with E-state index in [0.29, 0.717) is 24.8 Å². The summed E-state index contributed by atoms with van der Waals surface area (Å²) >= 11 is 1.75. The highest BCUT2D eigenvalue weighted by molar-refractivity contribution is 8.00. The lowest BCUT2D eigenvalue weighted by Gasteiger charge is -2.15. The highest BCUT2D eigenvalue weighted by Crippen LogP contribution is 2.21. The first kappa shape index (κ1) is 16.0. The average Bonchev–Trinajstić information content (AvgIpc) is 2.43. The third kappa shape index (κ3) is 6.61. The number of rotatable bonds is 8. The van der Waals surface area contributed by atoms with E-state index in [-0.39, 0.29) is 12.0 Å². The lowest BCUT2D eigenvalue weighted by atomic mass is 10.2. The molecule has 1 aromatic rings. The molecule has 3 N–H and O–H groups in total. The van der Waals surface area contributed by atoms with Crippen LogP contribution in [0.5, 0.6) is 0 Å². The largest absolute Gasteiger partial charge is 0.380 e. The van der Waals surface area contributed by atoms with Gasteiger partial charge in [0, 0.05) is 30.3 Å². The standard InChI is InChI=1S/C14H22N2O2S/c1-11(19-13-6-4-3-5-7-13)10-16-14(17)8-12(9-15)18-2/h3-7,11-12H,8-10,15H2,1-2H3,(H,16,17). The number of methoxy groups -OCH3 is 1. The summed E-state index contributed by atoms with van der Waals surface area (Å²) in [4.78, 5) is 12.9. The van der Waals surface area contributed by atoms with Crippen molar-refractivity contribution in [1.29, 1.82) is 0 Å². The summed E-state index contributed by atoms with van der Waals surface area (Å²) in [6, 6.07) is 10.2. The van der Waals surface area contributed by atoms with Crippen molar-refractivity contribution in [1.82, 2.24) is 5.32 Å². The zero-order chi connectivity index (χ0) is 14.1. The summed E-state index contributed by atoms with van der Waals surface area (Å²) in [6.07, 6.45) is 0.118. The van der Waals surface area contributed by atoms with Crippen LogP contribution in [0.25, 0.3) is 0 Å². The van der Waals surface area contributed by atoms with E-state index >= 15 is 0 Å². The smallest absolute Gasteiger partial charge is 0.222 e. The molecule has 4 nitrogen and oxygen atoms in total. The first-order valence-corrected chi connectivity index (χ1v) is 7.25. The molecule has 1 rings (SSSR count). The van der Waals surface area contributed by atoms with Gasteiger partial charge in [-0.05, 0) is 12.1 Å². The van der Waals surface area contributed by atoms with Gasteiger partial charge in [0.25, 0.3) is 0 Å². The van der Waals surface area contributed by atoms with Crippen LogP contribution in [0.15, 0.2) is 35.2 Å². The monoisotopic (exact) mass is 282 g/mol. The number of hydrogen-bond acceptors (Lipinski definition) is 4. The molecular formula is C14H22N2O2S. The molecule has 0 bridgehead atoms. The molecule has 2 atom stereocenters. The molecule has 0 saturated carbocycles. The fourth-order valence-electron chi connectivity index (χ4n) is 1.57. The van der Waals surface area contributed by atoms with Crippen molar-refractivity contribution in [3.63, 3.8) is 0 Å². The molecule has 0 aliphatic rings. The maximum Gasteiger partial charge on any atom is 0.222 e. The second-order valence-electron chi connectivity index (χ2n) is 4.34. The molecule has 0 saturated heterocycles. The molecule has 0 aliphatic heterocycles. The van der Waals surface area contributed by atoms with Gasteiger partial charge < -0.3 is 15.8 Å². The number of thioether (sulfide) groups is 1. The molecule has 0 heterocycles. The minimum absolute atomic E-state index is 0.0159. The molecular weight excluding hydrogens is 260 g/mol. The van der Waals surface area contributed by atoms with Crippen LogP contribution in [0.3, 0.4) is 0 Å². The van der Waals surface area contributed by atoms with E-state index in [0.717, 1.165) is 0 Å². The second-order valence-corrected chi connectivity index (χ2v) is 5.85. The third-order valence-corrected chi connectivity index (χ3v) is 3.79. The predicted molar refractivity (Wildman–Crippen MR) is 79.2 cm³/mol. The topological polar surface area (TPSA) is 64.3 Å². The number of ether oxygens (including phenoxy) is 1. The Labute approximate surface area is 119 Å². The van der Waals surface area contributed by atoms with Crippen molar-refractivity contribution in [2.75, 3.05) is 20.2 Å². The highest BCUT2D eigenvalue weighted by Gasteiger charge is 2.12. The van der Waals surface area contributed by atoms with Crippen LogP contribution >= 0.6 is 11.8 Å². The predicted octanol–water partition coefficient (Wildman–Crippen LogP) is 1.65. The Hall–Kier alpha value is -1.04. The van der Waals surface area contributed by atoms with Crippen molar-refractivity contribution in [2.45, 2.75) is 29.6 Å². The molecule has 19 heavy (non-hydrogen) atoms. The summed E-state index contributed by atoms with van der Waals surface area (Å²) < 4.78 is 5.08. The van der Waals surface area contributed by atoms with E-state index in [9.17, 15) is 4.79 Å². The number of benzene rings is 1. The van der Waals surface area contributed by atoms with Crippen molar-refractivity contribution in [3.05, 3.63) is 30.3 Å². The van der Waals surface area contributed by atoms with Crippen LogP contribution in [-0.4, -0.2) is 37.5 Å². The molecule has 5 heteroatoms. The molecule has 1 aromatic carbocycles. The Morgan fingerprint density at radius 2 is 2.11 bits per heavy atom. The zero-order valence-electron chi connectivity index (χ0n) is 11.5. The van der Waals surface area contributed by atoms with Gasteiger partial charge in [-0.3, -0.25) is 4.79 Å². The number of hydrogen-bond donors (Lipinski definition) is 2. The third-order valence-electron chi connectivity index (χ3n) is 2.68. The van der Waals surface area contributed by atoms with E-state index in [4.69, 9.17) is 10.5 Å². The van der Waals surface area contributed by atoms with Gasteiger partial charge in [-0.1, -0.05) is 25.1 Å². The first-order chi connectivity index (χ1) is 9.15. The Morgan fingerprint density at radius 3 is 2.68 bits per heavy atom. The lowest BCUT2D eigenvalue weighted by Crippen LogP contribution is -2.34. The molecule has 0 spiro atoms. The Bertz CT molecular complexity index is 369. The van der Waals surface area contributed by atoms with Gasteiger partial charge >= 0.3 is 0 Å². The van der Waals surface area contributed by atoms with E-state index < -0.39 is 0 Å². The van der Waals surface area contributed by atoms with E-state index in [1.54, 1.807) is 18.9 Å². The maximum atomic E-state index is 11.7. The van der Waals surface area contributed by atoms with Gasteiger partial charge in [0.15, 0.2) is 0 Å². The molecule has 0 aromatic heterocycles. The van der Waals surface area contributed by atoms with Gasteiger partial charge in [0.05, 0.1) is 12.5 Å². The molecule has 0 aliphatic carbocycles. The number of carbonyl (C=O) groups is 1. The maximum absolute atomic E-state index is 11.7. The molecule has 0 radical (unpaired) electrons. The van der Waals surface area contributed by atoms with Gasteiger partial charge in [-0.15, -0.1) is 11.8 Å². The van der Waals surface area contributed by atoms with Gasteiger partial charge in [-0.2, -0.15) is 0 Å². The summed E-state index contributed by atoms with van der Waals surface area (Å²) in [5, 5.41) is 3.23. The molecule has 0 fully saturated rings. The fourth-order valence-corrected chi connectivity index (χ4v) is 2.52. The lowest BCUT2D eigenvalue weighted by molar-refractivity contribution is -0.123. The van der Waals surface area contributed by atoms with Crippen molar-refractivity contribution >= 4 is 17.7 Å². The normalized spacial score (nSPS) is 13.8. The highest BCUT2D eigenvalue weighted by atomic mass is 32.2.